The fourth-order valence-electron chi connectivity index (χ4n) is 3.66. The van der Waals surface area contributed by atoms with E-state index in [1.165, 1.54) is 0 Å². The molecule has 4 rings (SSSR count). The molecule has 3 N–H and O–H groups in total. The molecule has 1 amide bonds. The highest BCUT2D eigenvalue weighted by Crippen LogP contribution is 2.26. The number of nitrogens with zero attached hydrogens (tertiary/aromatic N) is 2. The SMILES string of the molecule is COc1ccc(C(NC(=O)C2CC(c3cccc(Cl)c3)NN2)c2nccn2C)cc1. The summed E-state index contributed by atoms with van der Waals surface area (Å²) in [6.07, 6.45) is 4.20. The van der Waals surface area contributed by atoms with Gasteiger partial charge in [0.05, 0.1) is 7.11 Å². The van der Waals surface area contributed by atoms with E-state index < -0.39 is 0 Å². The van der Waals surface area contributed by atoms with Gasteiger partial charge in [0.25, 0.3) is 0 Å². The summed E-state index contributed by atoms with van der Waals surface area (Å²) in [5.41, 5.74) is 8.27. The van der Waals surface area contributed by atoms with Gasteiger partial charge in [-0.15, -0.1) is 0 Å². The molecule has 0 radical (unpaired) electrons. The maximum atomic E-state index is 13.1. The second-order valence-corrected chi connectivity index (χ2v) is 7.73. The van der Waals surface area contributed by atoms with Crippen molar-refractivity contribution in [3.05, 3.63) is 82.9 Å². The maximum Gasteiger partial charge on any atom is 0.239 e. The number of hydrogen-bond acceptors (Lipinski definition) is 5. The lowest BCUT2D eigenvalue weighted by Gasteiger charge is -2.21. The molecule has 7 nitrogen and oxygen atoms in total. The molecule has 2 aromatic carbocycles. The van der Waals surface area contributed by atoms with Crippen LogP contribution in [0.5, 0.6) is 5.75 Å². The van der Waals surface area contributed by atoms with Crippen molar-refractivity contribution >= 4 is 17.5 Å². The molecule has 3 unspecified atom stereocenters. The second-order valence-electron chi connectivity index (χ2n) is 7.30. The molecule has 1 aromatic heterocycles. The fourth-order valence-corrected chi connectivity index (χ4v) is 3.86. The van der Waals surface area contributed by atoms with Crippen molar-refractivity contribution in [1.29, 1.82) is 0 Å². The Morgan fingerprint density at radius 1 is 1.27 bits per heavy atom. The summed E-state index contributed by atoms with van der Waals surface area (Å²) in [6.45, 7) is 0. The van der Waals surface area contributed by atoms with E-state index in [-0.39, 0.29) is 24.0 Å². The predicted molar refractivity (Wildman–Crippen MR) is 115 cm³/mol. The Morgan fingerprint density at radius 2 is 2.07 bits per heavy atom. The van der Waals surface area contributed by atoms with Gasteiger partial charge in [-0.05, 0) is 41.8 Å². The van der Waals surface area contributed by atoms with Gasteiger partial charge in [-0.2, -0.15) is 0 Å². The molecule has 0 saturated carbocycles. The summed E-state index contributed by atoms with van der Waals surface area (Å²) in [7, 11) is 3.54. The van der Waals surface area contributed by atoms with Crippen LogP contribution in [0.2, 0.25) is 5.02 Å². The molecule has 0 spiro atoms. The van der Waals surface area contributed by atoms with Gasteiger partial charge in [-0.25, -0.2) is 15.8 Å². The van der Waals surface area contributed by atoms with Gasteiger partial charge < -0.3 is 14.6 Å². The third-order valence-corrected chi connectivity index (χ3v) is 5.56. The van der Waals surface area contributed by atoms with Gasteiger partial charge in [-0.1, -0.05) is 35.9 Å². The van der Waals surface area contributed by atoms with E-state index in [2.05, 4.69) is 21.2 Å². The molecule has 30 heavy (non-hydrogen) atoms. The van der Waals surface area contributed by atoms with E-state index in [1.807, 2.05) is 66.3 Å². The van der Waals surface area contributed by atoms with Gasteiger partial charge >= 0.3 is 0 Å². The molecular formula is C22H24ClN5O2. The van der Waals surface area contributed by atoms with Gasteiger partial charge in [0.15, 0.2) is 0 Å². The first-order valence-electron chi connectivity index (χ1n) is 9.73. The highest BCUT2D eigenvalue weighted by Gasteiger charge is 2.32. The Balaban J connectivity index is 1.51. The van der Waals surface area contributed by atoms with Crippen molar-refractivity contribution < 1.29 is 9.53 Å². The van der Waals surface area contributed by atoms with Crippen molar-refractivity contribution in [1.82, 2.24) is 25.7 Å². The zero-order valence-corrected chi connectivity index (χ0v) is 17.6. The number of carbonyl (C=O) groups excluding carboxylic acids is 1. The van der Waals surface area contributed by atoms with Gasteiger partial charge in [0.1, 0.15) is 23.7 Å². The average Bonchev–Trinajstić information content (AvgIpc) is 3.41. The van der Waals surface area contributed by atoms with Crippen molar-refractivity contribution in [2.45, 2.75) is 24.5 Å². The van der Waals surface area contributed by atoms with Crippen LogP contribution >= 0.6 is 11.6 Å². The van der Waals surface area contributed by atoms with Crippen LogP contribution in [0.1, 0.15) is 35.5 Å². The Bertz CT molecular complexity index is 1020. The summed E-state index contributed by atoms with van der Waals surface area (Å²) in [6, 6.07) is 14.5. The van der Waals surface area contributed by atoms with Crippen LogP contribution in [0.3, 0.4) is 0 Å². The molecule has 1 fully saturated rings. The highest BCUT2D eigenvalue weighted by molar-refractivity contribution is 6.30. The number of halogens is 1. The van der Waals surface area contributed by atoms with Gasteiger partial charge in [0, 0.05) is 30.5 Å². The van der Waals surface area contributed by atoms with Crippen LogP contribution < -0.4 is 20.9 Å². The van der Waals surface area contributed by atoms with E-state index in [0.29, 0.717) is 11.4 Å². The van der Waals surface area contributed by atoms with E-state index in [0.717, 1.165) is 22.7 Å². The minimum absolute atomic E-state index is 0.00653. The maximum absolute atomic E-state index is 13.1. The average molecular weight is 426 g/mol. The predicted octanol–water partition coefficient (Wildman–Crippen LogP) is 2.90. The van der Waals surface area contributed by atoms with Crippen LogP contribution in [0.4, 0.5) is 0 Å². The lowest BCUT2D eigenvalue weighted by atomic mass is 10.0. The number of aromatic nitrogens is 2. The molecule has 1 aliphatic heterocycles. The quantitative estimate of drug-likeness (QED) is 0.566. The lowest BCUT2D eigenvalue weighted by molar-refractivity contribution is -0.123. The number of methoxy groups -OCH3 is 1. The van der Waals surface area contributed by atoms with Crippen molar-refractivity contribution in [2.24, 2.45) is 7.05 Å². The van der Waals surface area contributed by atoms with Crippen LogP contribution in [0.25, 0.3) is 0 Å². The third kappa shape index (κ3) is 4.33. The minimum atomic E-state index is -0.380. The highest BCUT2D eigenvalue weighted by atomic mass is 35.5. The number of aryl methyl sites for hydroxylation is 1. The van der Waals surface area contributed by atoms with Gasteiger partial charge in [-0.3, -0.25) is 4.79 Å². The molecule has 2 heterocycles. The zero-order valence-electron chi connectivity index (χ0n) is 16.8. The number of imidazole rings is 1. The molecule has 3 aromatic rings. The molecule has 1 saturated heterocycles. The van der Waals surface area contributed by atoms with Crippen LogP contribution in [0, 0.1) is 0 Å². The number of hydrogen-bond donors (Lipinski definition) is 3. The first-order valence-corrected chi connectivity index (χ1v) is 10.1. The Morgan fingerprint density at radius 3 is 2.73 bits per heavy atom. The standard InChI is InChI=1S/C22H24ClN5O2/c1-28-11-10-24-21(28)20(14-6-8-17(30-2)9-7-14)25-22(29)19-13-18(26-27-19)15-4-3-5-16(23)12-15/h3-12,18-20,26-27H,13H2,1-2H3,(H,25,29). The number of nitrogens with one attached hydrogen (secondary N) is 3. The third-order valence-electron chi connectivity index (χ3n) is 5.32. The summed E-state index contributed by atoms with van der Waals surface area (Å²) in [5, 5.41) is 3.83. The monoisotopic (exact) mass is 425 g/mol. The Hall–Kier alpha value is -2.87. The second kappa shape index (κ2) is 8.87. The fraction of sp³-hybridized carbons (Fsp3) is 0.273. The van der Waals surface area contributed by atoms with E-state index in [9.17, 15) is 4.79 Å². The normalized spacial score (nSPS) is 19.4. The minimum Gasteiger partial charge on any atom is -0.497 e. The molecule has 0 aliphatic carbocycles. The largest absolute Gasteiger partial charge is 0.497 e. The topological polar surface area (TPSA) is 80.2 Å². The van der Waals surface area contributed by atoms with Crippen LogP contribution in [-0.4, -0.2) is 28.6 Å². The number of amides is 1. The number of benzene rings is 2. The van der Waals surface area contributed by atoms with Crippen molar-refractivity contribution in [3.63, 3.8) is 0 Å². The Kier molecular flexibility index (Phi) is 6.03. The van der Waals surface area contributed by atoms with Crippen LogP contribution in [-0.2, 0) is 11.8 Å². The summed E-state index contributed by atoms with van der Waals surface area (Å²) < 4.78 is 7.16. The first-order chi connectivity index (χ1) is 14.5. The van der Waals surface area contributed by atoms with E-state index in [1.54, 1.807) is 13.3 Å². The van der Waals surface area contributed by atoms with E-state index >= 15 is 0 Å². The van der Waals surface area contributed by atoms with Crippen LogP contribution in [0.15, 0.2) is 60.9 Å². The van der Waals surface area contributed by atoms with Gasteiger partial charge in [0.2, 0.25) is 5.91 Å². The number of carbonyl (C=O) groups is 1. The van der Waals surface area contributed by atoms with Crippen molar-refractivity contribution in [2.75, 3.05) is 7.11 Å². The molecule has 156 valence electrons. The molecule has 3 atom stereocenters. The summed E-state index contributed by atoms with van der Waals surface area (Å²) in [5.74, 6) is 1.41. The molecule has 8 heteroatoms. The Labute approximate surface area is 180 Å². The zero-order chi connectivity index (χ0) is 21.1. The van der Waals surface area contributed by atoms with Crippen molar-refractivity contribution in [3.8, 4) is 5.75 Å². The number of hydrazine groups is 1. The summed E-state index contributed by atoms with van der Waals surface area (Å²) in [4.78, 5) is 17.6. The molecule has 0 bridgehead atoms. The lowest BCUT2D eigenvalue weighted by Crippen LogP contribution is -2.45. The molecule has 1 aliphatic rings. The molecular weight excluding hydrogens is 402 g/mol. The number of rotatable bonds is 6. The number of ether oxygens (including phenoxy) is 1. The van der Waals surface area contributed by atoms with E-state index in [4.69, 9.17) is 16.3 Å². The smallest absolute Gasteiger partial charge is 0.239 e. The first kappa shape index (κ1) is 20.4. The summed E-state index contributed by atoms with van der Waals surface area (Å²) >= 11 is 6.11.